The molecule has 2 N–H and O–H groups in total. The first kappa shape index (κ1) is 18.4. The summed E-state index contributed by atoms with van der Waals surface area (Å²) in [6.07, 6.45) is 1.44. The number of aryl methyl sites for hydroxylation is 1. The van der Waals surface area contributed by atoms with Crippen molar-refractivity contribution < 1.29 is 13.2 Å². The van der Waals surface area contributed by atoms with E-state index in [4.69, 9.17) is 0 Å². The van der Waals surface area contributed by atoms with Crippen LogP contribution in [0.3, 0.4) is 0 Å². The molecule has 2 rings (SSSR count). The topological polar surface area (TPSA) is 78.5 Å². The first-order valence-corrected chi connectivity index (χ1v) is 10.1. The van der Waals surface area contributed by atoms with Crippen LogP contribution >= 0.6 is 11.3 Å². The number of carbonyl (C=O) groups excluding carboxylic acids is 1. The Morgan fingerprint density at radius 3 is 2.83 bits per heavy atom. The molecule has 1 aliphatic heterocycles. The Bertz CT molecular complexity index is 642. The van der Waals surface area contributed by atoms with Crippen LogP contribution in [0.1, 0.15) is 24.6 Å². The van der Waals surface area contributed by atoms with Crippen LogP contribution in [0.2, 0.25) is 0 Å². The maximum absolute atomic E-state index is 12.7. The van der Waals surface area contributed by atoms with Crippen molar-refractivity contribution in [1.82, 2.24) is 14.9 Å². The molecule has 0 aromatic carbocycles. The standard InChI is InChI=1S/C15H25N3O3S2/c1-11(16-3)9-17-15(19)13-5-4-8-18(10-13)23(20,21)14-7-6-12(2)22-14/h6-7,11,13,16H,4-5,8-10H2,1-3H3,(H,17,19). The van der Waals surface area contributed by atoms with Gasteiger partial charge in [-0.15, -0.1) is 11.3 Å². The second-order valence-corrected chi connectivity index (χ2v) is 9.45. The van der Waals surface area contributed by atoms with Crippen LogP contribution in [0.25, 0.3) is 0 Å². The summed E-state index contributed by atoms with van der Waals surface area (Å²) < 4.78 is 27.2. The van der Waals surface area contributed by atoms with E-state index >= 15 is 0 Å². The number of thiophene rings is 1. The van der Waals surface area contributed by atoms with Crippen molar-refractivity contribution in [2.45, 2.75) is 36.9 Å². The zero-order chi connectivity index (χ0) is 17.0. The molecule has 23 heavy (non-hydrogen) atoms. The Hall–Kier alpha value is -0.960. The van der Waals surface area contributed by atoms with Crippen LogP contribution < -0.4 is 10.6 Å². The van der Waals surface area contributed by atoms with Gasteiger partial charge in [-0.1, -0.05) is 0 Å². The van der Waals surface area contributed by atoms with E-state index in [0.29, 0.717) is 23.7 Å². The van der Waals surface area contributed by atoms with Crippen molar-refractivity contribution in [2.24, 2.45) is 5.92 Å². The highest BCUT2D eigenvalue weighted by Gasteiger charge is 2.33. The third kappa shape index (κ3) is 4.53. The van der Waals surface area contributed by atoms with Gasteiger partial charge in [-0.05, 0) is 45.9 Å². The van der Waals surface area contributed by atoms with Crippen LogP contribution in [-0.4, -0.2) is 51.4 Å². The smallest absolute Gasteiger partial charge is 0.252 e. The molecule has 2 heterocycles. The number of hydrogen-bond donors (Lipinski definition) is 2. The molecule has 1 fully saturated rings. The Morgan fingerprint density at radius 1 is 1.48 bits per heavy atom. The van der Waals surface area contributed by atoms with E-state index in [0.717, 1.165) is 11.3 Å². The lowest BCUT2D eigenvalue weighted by molar-refractivity contribution is -0.126. The molecule has 0 radical (unpaired) electrons. The normalized spacial score (nSPS) is 21.1. The van der Waals surface area contributed by atoms with E-state index in [9.17, 15) is 13.2 Å². The molecule has 6 nitrogen and oxygen atoms in total. The number of likely N-dealkylation sites (N-methyl/N-ethyl adjacent to an activating group) is 1. The molecule has 8 heteroatoms. The highest BCUT2D eigenvalue weighted by atomic mass is 32.2. The van der Waals surface area contributed by atoms with Gasteiger partial charge in [-0.25, -0.2) is 8.42 Å². The van der Waals surface area contributed by atoms with Gasteiger partial charge >= 0.3 is 0 Å². The first-order valence-electron chi connectivity index (χ1n) is 7.86. The number of amides is 1. The first-order chi connectivity index (χ1) is 10.8. The summed E-state index contributed by atoms with van der Waals surface area (Å²) in [7, 11) is -1.64. The van der Waals surface area contributed by atoms with E-state index in [-0.39, 0.29) is 24.4 Å². The molecule has 1 aromatic rings. The fraction of sp³-hybridized carbons (Fsp3) is 0.667. The number of sulfonamides is 1. The molecule has 130 valence electrons. The van der Waals surface area contributed by atoms with E-state index in [1.165, 1.54) is 15.6 Å². The SMILES string of the molecule is CNC(C)CNC(=O)C1CCCN(S(=O)(=O)c2ccc(C)s2)C1. The zero-order valence-corrected chi connectivity index (χ0v) is 15.5. The molecule has 2 unspecified atom stereocenters. The van der Waals surface area contributed by atoms with Gasteiger partial charge in [-0.2, -0.15) is 4.31 Å². The van der Waals surface area contributed by atoms with Crippen molar-refractivity contribution in [2.75, 3.05) is 26.7 Å². The maximum atomic E-state index is 12.7. The number of piperidine rings is 1. The van der Waals surface area contributed by atoms with Gasteiger partial charge in [0.05, 0.1) is 5.92 Å². The van der Waals surface area contributed by atoms with Gasteiger partial charge in [0.15, 0.2) is 0 Å². The van der Waals surface area contributed by atoms with Crippen molar-refractivity contribution >= 4 is 27.3 Å². The molecule has 1 saturated heterocycles. The Kier molecular flexibility index (Phi) is 6.19. The summed E-state index contributed by atoms with van der Waals surface area (Å²) in [4.78, 5) is 13.2. The van der Waals surface area contributed by atoms with E-state index < -0.39 is 10.0 Å². The molecule has 2 atom stereocenters. The fourth-order valence-electron chi connectivity index (χ4n) is 2.55. The maximum Gasteiger partial charge on any atom is 0.252 e. The van der Waals surface area contributed by atoms with Crippen molar-refractivity contribution in [3.8, 4) is 0 Å². The van der Waals surface area contributed by atoms with Crippen molar-refractivity contribution in [3.05, 3.63) is 17.0 Å². The minimum absolute atomic E-state index is 0.0608. The van der Waals surface area contributed by atoms with Gasteiger partial charge in [-0.3, -0.25) is 4.79 Å². The number of nitrogens with one attached hydrogen (secondary N) is 2. The Balaban J connectivity index is 2.01. The highest BCUT2D eigenvalue weighted by Crippen LogP contribution is 2.28. The molecular formula is C15H25N3O3S2. The number of hydrogen-bond acceptors (Lipinski definition) is 5. The van der Waals surface area contributed by atoms with Crippen molar-refractivity contribution in [3.63, 3.8) is 0 Å². The van der Waals surface area contributed by atoms with Crippen LogP contribution in [0, 0.1) is 12.8 Å². The quantitative estimate of drug-likeness (QED) is 0.799. The summed E-state index contributed by atoms with van der Waals surface area (Å²) in [6, 6.07) is 3.65. The van der Waals surface area contributed by atoms with E-state index in [2.05, 4.69) is 10.6 Å². The lowest BCUT2D eigenvalue weighted by Crippen LogP contribution is -2.47. The average Bonchev–Trinajstić information content (AvgIpc) is 2.99. The summed E-state index contributed by atoms with van der Waals surface area (Å²) in [5.74, 6) is -0.335. The van der Waals surface area contributed by atoms with E-state index in [1.54, 1.807) is 6.07 Å². The summed E-state index contributed by atoms with van der Waals surface area (Å²) in [6.45, 7) is 5.16. The van der Waals surface area contributed by atoms with Crippen LogP contribution in [0.4, 0.5) is 0 Å². The third-order valence-electron chi connectivity index (χ3n) is 4.14. The Morgan fingerprint density at radius 2 is 2.22 bits per heavy atom. The molecule has 0 spiro atoms. The molecule has 1 aliphatic rings. The van der Waals surface area contributed by atoms with E-state index in [1.807, 2.05) is 27.0 Å². The predicted molar refractivity (Wildman–Crippen MR) is 92.1 cm³/mol. The van der Waals surface area contributed by atoms with Crippen LogP contribution in [0.5, 0.6) is 0 Å². The zero-order valence-electron chi connectivity index (χ0n) is 13.8. The van der Waals surface area contributed by atoms with Gasteiger partial charge < -0.3 is 10.6 Å². The molecule has 0 saturated carbocycles. The highest BCUT2D eigenvalue weighted by molar-refractivity contribution is 7.91. The number of nitrogens with zero attached hydrogens (tertiary/aromatic N) is 1. The van der Waals surface area contributed by atoms with Gasteiger partial charge in [0.1, 0.15) is 4.21 Å². The molecule has 1 amide bonds. The molecule has 1 aromatic heterocycles. The van der Waals surface area contributed by atoms with Crippen molar-refractivity contribution in [1.29, 1.82) is 0 Å². The number of carbonyl (C=O) groups is 1. The predicted octanol–water partition coefficient (Wildman–Crippen LogP) is 1.18. The second kappa shape index (κ2) is 7.74. The van der Waals surface area contributed by atoms with Gasteiger partial charge in [0.2, 0.25) is 5.91 Å². The molecular weight excluding hydrogens is 334 g/mol. The lowest BCUT2D eigenvalue weighted by atomic mass is 9.99. The molecule has 0 bridgehead atoms. The van der Waals surface area contributed by atoms with Gasteiger partial charge in [0.25, 0.3) is 10.0 Å². The largest absolute Gasteiger partial charge is 0.354 e. The lowest BCUT2D eigenvalue weighted by Gasteiger charge is -2.31. The molecule has 0 aliphatic carbocycles. The van der Waals surface area contributed by atoms with Crippen LogP contribution in [-0.2, 0) is 14.8 Å². The third-order valence-corrected chi connectivity index (χ3v) is 7.47. The minimum Gasteiger partial charge on any atom is -0.354 e. The second-order valence-electron chi connectivity index (χ2n) is 6.00. The fourth-order valence-corrected chi connectivity index (χ4v) is 5.51. The Labute approximate surface area is 142 Å². The van der Waals surface area contributed by atoms with Gasteiger partial charge in [0, 0.05) is 30.6 Å². The summed E-state index contributed by atoms with van der Waals surface area (Å²) in [5, 5.41) is 5.96. The summed E-state index contributed by atoms with van der Waals surface area (Å²) in [5.41, 5.74) is 0. The average molecular weight is 360 g/mol. The van der Waals surface area contributed by atoms with Crippen LogP contribution in [0.15, 0.2) is 16.3 Å². The number of rotatable bonds is 6. The summed E-state index contributed by atoms with van der Waals surface area (Å²) >= 11 is 1.28. The minimum atomic E-state index is -3.48. The monoisotopic (exact) mass is 359 g/mol.